The number of carbonyl (C=O) groups excluding carboxylic acids is 1. The fraction of sp³-hybridized carbons (Fsp3) is 0.600. The average Bonchev–Trinajstić information content (AvgIpc) is 2.66. The van der Waals surface area contributed by atoms with Crippen molar-refractivity contribution in [2.45, 2.75) is 32.8 Å². The summed E-state index contributed by atoms with van der Waals surface area (Å²) >= 11 is 0. The van der Waals surface area contributed by atoms with E-state index in [1.165, 1.54) is 0 Å². The summed E-state index contributed by atoms with van der Waals surface area (Å²) in [6, 6.07) is 5.83. The van der Waals surface area contributed by atoms with Gasteiger partial charge in [-0.2, -0.15) is 0 Å². The minimum Gasteiger partial charge on any atom is -0.493 e. The maximum absolute atomic E-state index is 12.1. The molecule has 0 unspecified atom stereocenters. The standard InChI is InChI=1S/C20H32N4O4.HI/c1-20(2,3)28-19(25)24-12-10-23(11-13-24)18(21)22-9-8-15-6-7-16(26-4)17(14-15)27-5;/h6-7,14H,8-13H2,1-5H3,(H2,21,22);1H. The first-order valence-electron chi connectivity index (χ1n) is 9.47. The number of ether oxygens (including phenoxy) is 3. The third-order valence-electron chi connectivity index (χ3n) is 4.38. The monoisotopic (exact) mass is 520 g/mol. The Labute approximate surface area is 190 Å². The van der Waals surface area contributed by atoms with Crippen molar-refractivity contribution in [3.63, 3.8) is 0 Å². The lowest BCUT2D eigenvalue weighted by Gasteiger charge is -2.36. The number of carbonyl (C=O) groups is 1. The second-order valence-electron chi connectivity index (χ2n) is 7.63. The summed E-state index contributed by atoms with van der Waals surface area (Å²) < 4.78 is 16.0. The first-order chi connectivity index (χ1) is 13.2. The molecule has 0 saturated carbocycles. The molecule has 29 heavy (non-hydrogen) atoms. The third-order valence-corrected chi connectivity index (χ3v) is 4.38. The van der Waals surface area contributed by atoms with Gasteiger partial charge in [0.05, 0.1) is 14.2 Å². The zero-order chi connectivity index (χ0) is 20.7. The molecule has 1 aromatic rings. The summed E-state index contributed by atoms with van der Waals surface area (Å²) in [5, 5.41) is 0. The predicted molar refractivity (Wildman–Crippen MR) is 125 cm³/mol. The van der Waals surface area contributed by atoms with Crippen molar-refractivity contribution >= 4 is 36.0 Å². The second-order valence-corrected chi connectivity index (χ2v) is 7.63. The van der Waals surface area contributed by atoms with E-state index in [0.29, 0.717) is 50.2 Å². The van der Waals surface area contributed by atoms with Crippen molar-refractivity contribution in [2.75, 3.05) is 46.9 Å². The number of halogens is 1. The van der Waals surface area contributed by atoms with Crippen molar-refractivity contribution in [3.8, 4) is 11.5 Å². The van der Waals surface area contributed by atoms with E-state index in [-0.39, 0.29) is 30.1 Å². The van der Waals surface area contributed by atoms with E-state index < -0.39 is 5.60 Å². The van der Waals surface area contributed by atoms with E-state index in [1.807, 2.05) is 43.9 Å². The summed E-state index contributed by atoms with van der Waals surface area (Å²) in [6.07, 6.45) is 0.468. The van der Waals surface area contributed by atoms with E-state index in [0.717, 1.165) is 12.0 Å². The first kappa shape index (κ1) is 25.1. The molecule has 1 aliphatic heterocycles. The van der Waals surface area contributed by atoms with Gasteiger partial charge in [-0.1, -0.05) is 6.07 Å². The highest BCUT2D eigenvalue weighted by Crippen LogP contribution is 2.27. The number of hydrogen-bond donors (Lipinski definition) is 1. The van der Waals surface area contributed by atoms with Gasteiger partial charge >= 0.3 is 6.09 Å². The lowest BCUT2D eigenvalue weighted by Crippen LogP contribution is -2.53. The molecule has 1 aromatic carbocycles. The predicted octanol–water partition coefficient (Wildman–Crippen LogP) is 2.73. The maximum atomic E-state index is 12.1. The Hall–Kier alpha value is -1.91. The summed E-state index contributed by atoms with van der Waals surface area (Å²) in [6.45, 7) is 8.60. The molecule has 1 saturated heterocycles. The lowest BCUT2D eigenvalue weighted by atomic mass is 10.1. The summed E-state index contributed by atoms with van der Waals surface area (Å²) in [7, 11) is 3.24. The van der Waals surface area contributed by atoms with Crippen LogP contribution in [-0.4, -0.2) is 74.4 Å². The first-order valence-corrected chi connectivity index (χ1v) is 9.47. The molecule has 1 heterocycles. The van der Waals surface area contributed by atoms with Gasteiger partial charge in [0.1, 0.15) is 5.60 Å². The highest BCUT2D eigenvalue weighted by molar-refractivity contribution is 14.0. The van der Waals surface area contributed by atoms with Crippen LogP contribution >= 0.6 is 24.0 Å². The van der Waals surface area contributed by atoms with E-state index in [9.17, 15) is 4.79 Å². The van der Waals surface area contributed by atoms with Gasteiger partial charge in [0, 0.05) is 32.7 Å². The van der Waals surface area contributed by atoms with Gasteiger partial charge in [-0.05, 0) is 44.9 Å². The molecule has 1 fully saturated rings. The van der Waals surface area contributed by atoms with Gasteiger partial charge in [0.15, 0.2) is 17.5 Å². The number of nitrogens with two attached hydrogens (primary N) is 1. The van der Waals surface area contributed by atoms with Crippen molar-refractivity contribution < 1.29 is 19.0 Å². The molecule has 0 aromatic heterocycles. The fourth-order valence-corrected chi connectivity index (χ4v) is 2.88. The van der Waals surface area contributed by atoms with E-state index in [1.54, 1.807) is 19.1 Å². The molecule has 164 valence electrons. The molecule has 1 amide bonds. The van der Waals surface area contributed by atoms with E-state index in [4.69, 9.17) is 19.9 Å². The molecule has 2 rings (SSSR count). The van der Waals surface area contributed by atoms with E-state index >= 15 is 0 Å². The molecule has 0 aliphatic carbocycles. The molecule has 0 radical (unpaired) electrons. The average molecular weight is 520 g/mol. The molecule has 9 heteroatoms. The van der Waals surface area contributed by atoms with Crippen molar-refractivity contribution in [1.29, 1.82) is 0 Å². The van der Waals surface area contributed by atoms with Crippen LogP contribution in [0, 0.1) is 0 Å². The smallest absolute Gasteiger partial charge is 0.410 e. The number of hydrogen-bond acceptors (Lipinski definition) is 5. The highest BCUT2D eigenvalue weighted by Gasteiger charge is 2.26. The second kappa shape index (κ2) is 11.3. The van der Waals surface area contributed by atoms with Gasteiger partial charge < -0.3 is 29.7 Å². The minimum atomic E-state index is -0.487. The minimum absolute atomic E-state index is 0. The van der Waals surface area contributed by atoms with Gasteiger partial charge in [-0.3, -0.25) is 4.99 Å². The number of rotatable bonds is 5. The van der Waals surface area contributed by atoms with E-state index in [2.05, 4.69) is 4.99 Å². The van der Waals surface area contributed by atoms with Crippen LogP contribution < -0.4 is 15.2 Å². The molecular weight excluding hydrogens is 487 g/mol. The number of methoxy groups -OCH3 is 2. The Bertz CT molecular complexity index is 698. The van der Waals surface area contributed by atoms with Gasteiger partial charge in [0.2, 0.25) is 0 Å². The molecule has 1 aliphatic rings. The number of aliphatic imine (C=N–C) groups is 1. The quantitative estimate of drug-likeness (QED) is 0.365. The number of piperazine rings is 1. The van der Waals surface area contributed by atoms with Crippen molar-refractivity contribution in [3.05, 3.63) is 23.8 Å². The fourth-order valence-electron chi connectivity index (χ4n) is 2.88. The Morgan fingerprint density at radius 2 is 1.66 bits per heavy atom. The van der Waals surface area contributed by atoms with Crippen LogP contribution in [0.2, 0.25) is 0 Å². The normalized spacial score (nSPS) is 14.9. The summed E-state index contributed by atoms with van der Waals surface area (Å²) in [5.41, 5.74) is 6.75. The zero-order valence-electron chi connectivity index (χ0n) is 17.9. The molecule has 0 atom stereocenters. The van der Waals surface area contributed by atoms with Gasteiger partial charge in [-0.25, -0.2) is 4.79 Å². The summed E-state index contributed by atoms with van der Waals surface area (Å²) in [5.74, 6) is 1.91. The number of benzene rings is 1. The molecule has 0 spiro atoms. The third kappa shape index (κ3) is 7.79. The van der Waals surface area contributed by atoms with Crippen LogP contribution in [0.4, 0.5) is 4.79 Å². The lowest BCUT2D eigenvalue weighted by molar-refractivity contribution is 0.0186. The van der Waals surface area contributed by atoms with Crippen LogP contribution in [0.15, 0.2) is 23.2 Å². The largest absolute Gasteiger partial charge is 0.493 e. The van der Waals surface area contributed by atoms with Crippen molar-refractivity contribution in [1.82, 2.24) is 9.80 Å². The Balaban J connectivity index is 0.00000420. The van der Waals surface area contributed by atoms with Crippen LogP contribution in [-0.2, 0) is 11.2 Å². The van der Waals surface area contributed by atoms with Gasteiger partial charge in [0.25, 0.3) is 0 Å². The highest BCUT2D eigenvalue weighted by atomic mass is 127. The number of guanidine groups is 1. The van der Waals surface area contributed by atoms with Gasteiger partial charge in [-0.15, -0.1) is 24.0 Å². The molecule has 0 bridgehead atoms. The molecule has 8 nitrogen and oxygen atoms in total. The zero-order valence-corrected chi connectivity index (χ0v) is 20.3. The van der Waals surface area contributed by atoms with Crippen LogP contribution in [0.1, 0.15) is 26.3 Å². The van der Waals surface area contributed by atoms with Crippen LogP contribution in [0.25, 0.3) is 0 Å². The van der Waals surface area contributed by atoms with Crippen LogP contribution in [0.3, 0.4) is 0 Å². The topological polar surface area (TPSA) is 89.6 Å². The van der Waals surface area contributed by atoms with Crippen molar-refractivity contribution in [2.24, 2.45) is 10.7 Å². The number of amides is 1. The SMILES string of the molecule is COc1ccc(CCN=C(N)N2CCN(C(=O)OC(C)(C)C)CC2)cc1OC.I. The Kier molecular flexibility index (Phi) is 9.81. The summed E-state index contributed by atoms with van der Waals surface area (Å²) in [4.78, 5) is 20.3. The van der Waals surface area contributed by atoms with Crippen LogP contribution in [0.5, 0.6) is 11.5 Å². The Morgan fingerprint density at radius 1 is 1.07 bits per heavy atom. The maximum Gasteiger partial charge on any atom is 0.410 e. The molecule has 2 N–H and O–H groups in total. The Morgan fingerprint density at radius 3 is 2.21 bits per heavy atom. The molecular formula is C20H33IN4O4. The number of nitrogens with zero attached hydrogens (tertiary/aromatic N) is 3.